The van der Waals surface area contributed by atoms with Crippen LogP contribution in [0.2, 0.25) is 0 Å². The number of rotatable bonds is 8. The molecule has 222 valence electrons. The number of carbonyl (C=O) groups excluding carboxylic acids is 2. The van der Waals surface area contributed by atoms with E-state index < -0.39 is 0 Å². The van der Waals surface area contributed by atoms with Gasteiger partial charge in [0.15, 0.2) is 0 Å². The summed E-state index contributed by atoms with van der Waals surface area (Å²) in [5.74, 6) is -0.431. The highest BCUT2D eigenvalue weighted by Crippen LogP contribution is 2.29. The molecule has 2 aliphatic rings. The van der Waals surface area contributed by atoms with Crippen molar-refractivity contribution in [3.63, 3.8) is 0 Å². The molecule has 0 aliphatic carbocycles. The molecule has 6 rings (SSSR count). The Morgan fingerprint density at radius 3 is 2.21 bits per heavy atom. The SMILES string of the molecule is O=C(NCCn1c(C(=O)N2CCNCC2)c(-c2ccccc2)n(-c2cccc(N3CCOCC3)c2)c1=O)c1ccccc1. The van der Waals surface area contributed by atoms with Gasteiger partial charge in [-0.2, -0.15) is 0 Å². The van der Waals surface area contributed by atoms with Gasteiger partial charge in [0.2, 0.25) is 0 Å². The lowest BCUT2D eigenvalue weighted by atomic mass is 10.1. The van der Waals surface area contributed by atoms with E-state index in [1.54, 1.807) is 33.7 Å². The van der Waals surface area contributed by atoms with Crippen molar-refractivity contribution in [3.05, 3.63) is 107 Å². The van der Waals surface area contributed by atoms with Crippen molar-refractivity contribution in [1.29, 1.82) is 0 Å². The lowest BCUT2D eigenvalue weighted by molar-refractivity contribution is 0.0725. The molecule has 1 aromatic heterocycles. The van der Waals surface area contributed by atoms with Gasteiger partial charge >= 0.3 is 5.69 Å². The molecule has 0 radical (unpaired) electrons. The van der Waals surface area contributed by atoms with Gasteiger partial charge in [-0.1, -0.05) is 54.6 Å². The third-order valence-corrected chi connectivity index (χ3v) is 7.92. The summed E-state index contributed by atoms with van der Waals surface area (Å²) < 4.78 is 8.71. The largest absolute Gasteiger partial charge is 0.378 e. The first kappa shape index (κ1) is 28.4. The second kappa shape index (κ2) is 13.1. The van der Waals surface area contributed by atoms with E-state index in [2.05, 4.69) is 15.5 Å². The van der Waals surface area contributed by atoms with Crippen LogP contribution >= 0.6 is 0 Å². The molecule has 0 spiro atoms. The lowest BCUT2D eigenvalue weighted by Gasteiger charge is -2.29. The maximum atomic E-state index is 14.4. The van der Waals surface area contributed by atoms with Crippen molar-refractivity contribution < 1.29 is 14.3 Å². The summed E-state index contributed by atoms with van der Waals surface area (Å²) in [6.45, 7) is 5.60. The Bertz CT molecular complexity index is 1620. The van der Waals surface area contributed by atoms with Crippen molar-refractivity contribution >= 4 is 17.5 Å². The van der Waals surface area contributed by atoms with Crippen molar-refractivity contribution in [2.45, 2.75) is 6.54 Å². The number of imidazole rings is 1. The highest BCUT2D eigenvalue weighted by molar-refractivity contribution is 5.99. The molecule has 43 heavy (non-hydrogen) atoms. The van der Waals surface area contributed by atoms with Crippen LogP contribution in [-0.2, 0) is 11.3 Å². The van der Waals surface area contributed by atoms with Crippen LogP contribution in [0.3, 0.4) is 0 Å². The molecular formula is C33H36N6O4. The number of morpholine rings is 1. The average Bonchev–Trinajstić information content (AvgIpc) is 3.37. The summed E-state index contributed by atoms with van der Waals surface area (Å²) in [5.41, 5.74) is 3.51. The van der Waals surface area contributed by atoms with E-state index >= 15 is 0 Å². The molecule has 0 unspecified atom stereocenters. The van der Waals surface area contributed by atoms with Gasteiger partial charge < -0.3 is 25.2 Å². The van der Waals surface area contributed by atoms with Crippen LogP contribution in [0.5, 0.6) is 0 Å². The highest BCUT2D eigenvalue weighted by atomic mass is 16.5. The standard InChI is InChI=1S/C33H36N6O4/c40-31(26-10-5-2-6-11-26)35-16-19-38-30(32(41)37-17-14-34-15-18-37)29(25-8-3-1-4-9-25)39(33(38)42)28-13-7-12-27(24-28)36-20-22-43-23-21-36/h1-13,24,34H,14-23H2,(H,35,40). The quantitative estimate of drug-likeness (QED) is 0.333. The molecule has 0 saturated carbocycles. The fourth-order valence-electron chi connectivity index (χ4n) is 5.71. The van der Waals surface area contributed by atoms with Crippen molar-refractivity contribution in [2.24, 2.45) is 0 Å². The zero-order chi connectivity index (χ0) is 29.6. The van der Waals surface area contributed by atoms with Crippen LogP contribution in [0.1, 0.15) is 20.8 Å². The Morgan fingerprint density at radius 2 is 1.49 bits per heavy atom. The minimum atomic E-state index is -0.328. The second-order valence-corrected chi connectivity index (χ2v) is 10.6. The van der Waals surface area contributed by atoms with Gasteiger partial charge in [-0.15, -0.1) is 0 Å². The predicted molar refractivity (Wildman–Crippen MR) is 166 cm³/mol. The smallest absolute Gasteiger partial charge is 0.333 e. The van der Waals surface area contributed by atoms with E-state index in [-0.39, 0.29) is 30.6 Å². The summed E-state index contributed by atoms with van der Waals surface area (Å²) in [5, 5.41) is 6.21. The number of nitrogens with zero attached hydrogens (tertiary/aromatic N) is 4. The molecule has 10 heteroatoms. The number of anilines is 1. The number of hydrogen-bond donors (Lipinski definition) is 2. The maximum absolute atomic E-state index is 14.4. The first-order valence-electron chi connectivity index (χ1n) is 14.8. The zero-order valence-electron chi connectivity index (χ0n) is 24.1. The molecule has 2 aliphatic heterocycles. The number of hydrogen-bond acceptors (Lipinski definition) is 6. The minimum absolute atomic E-state index is 0.139. The Balaban J connectivity index is 1.45. The van der Waals surface area contributed by atoms with Crippen LogP contribution in [0.25, 0.3) is 16.9 Å². The van der Waals surface area contributed by atoms with E-state index in [0.29, 0.717) is 62.0 Å². The van der Waals surface area contributed by atoms with Crippen LogP contribution in [0.4, 0.5) is 5.69 Å². The first-order valence-corrected chi connectivity index (χ1v) is 14.8. The summed E-state index contributed by atoms with van der Waals surface area (Å²) in [7, 11) is 0. The van der Waals surface area contributed by atoms with Gasteiger partial charge in [0.05, 0.1) is 24.6 Å². The number of ether oxygens (including phenoxy) is 1. The zero-order valence-corrected chi connectivity index (χ0v) is 24.1. The van der Waals surface area contributed by atoms with Crippen LogP contribution in [0, 0.1) is 0 Å². The molecule has 4 aromatic rings. The molecule has 2 fully saturated rings. The fraction of sp³-hybridized carbons (Fsp3) is 0.303. The molecule has 0 bridgehead atoms. The summed E-state index contributed by atoms with van der Waals surface area (Å²) in [6, 6.07) is 26.4. The second-order valence-electron chi connectivity index (χ2n) is 10.6. The van der Waals surface area contributed by atoms with E-state index in [0.717, 1.165) is 24.3 Å². The molecule has 0 atom stereocenters. The summed E-state index contributed by atoms with van der Waals surface area (Å²) in [4.78, 5) is 45.5. The highest BCUT2D eigenvalue weighted by Gasteiger charge is 2.31. The third kappa shape index (κ3) is 6.11. The molecule has 3 aromatic carbocycles. The number of carbonyl (C=O) groups is 2. The Labute approximate surface area is 250 Å². The molecule has 2 saturated heterocycles. The van der Waals surface area contributed by atoms with Crippen molar-refractivity contribution in [2.75, 3.05) is 63.9 Å². The van der Waals surface area contributed by atoms with Gasteiger partial charge in [0.25, 0.3) is 11.8 Å². The van der Waals surface area contributed by atoms with Gasteiger partial charge in [0.1, 0.15) is 5.69 Å². The van der Waals surface area contributed by atoms with E-state index in [4.69, 9.17) is 4.74 Å². The summed E-state index contributed by atoms with van der Waals surface area (Å²) >= 11 is 0. The molecule has 2 amide bonds. The normalized spacial score (nSPS) is 15.3. The fourth-order valence-corrected chi connectivity index (χ4v) is 5.71. The third-order valence-electron chi connectivity index (χ3n) is 7.92. The van der Waals surface area contributed by atoms with Crippen LogP contribution in [0.15, 0.2) is 89.7 Å². The minimum Gasteiger partial charge on any atom is -0.378 e. The number of nitrogens with one attached hydrogen (secondary N) is 2. The summed E-state index contributed by atoms with van der Waals surface area (Å²) in [6.07, 6.45) is 0. The van der Waals surface area contributed by atoms with Crippen molar-refractivity contribution in [3.8, 4) is 16.9 Å². The Morgan fingerprint density at radius 1 is 0.814 bits per heavy atom. The number of aromatic nitrogens is 2. The Kier molecular flexibility index (Phi) is 8.67. The molecule has 10 nitrogen and oxygen atoms in total. The topological polar surface area (TPSA) is 101 Å². The average molecular weight is 581 g/mol. The van der Waals surface area contributed by atoms with E-state index in [9.17, 15) is 14.4 Å². The maximum Gasteiger partial charge on any atom is 0.333 e. The van der Waals surface area contributed by atoms with E-state index in [1.165, 1.54) is 4.57 Å². The monoisotopic (exact) mass is 580 g/mol. The van der Waals surface area contributed by atoms with Gasteiger partial charge in [-0.3, -0.25) is 18.7 Å². The van der Waals surface area contributed by atoms with Crippen molar-refractivity contribution in [1.82, 2.24) is 24.7 Å². The molecular weight excluding hydrogens is 544 g/mol. The number of piperazine rings is 1. The predicted octanol–water partition coefficient (Wildman–Crippen LogP) is 2.62. The van der Waals surface area contributed by atoms with Gasteiger partial charge in [-0.25, -0.2) is 4.79 Å². The molecule has 2 N–H and O–H groups in total. The lowest BCUT2D eigenvalue weighted by Crippen LogP contribution is -2.47. The van der Waals surface area contributed by atoms with Crippen LogP contribution < -0.4 is 21.2 Å². The van der Waals surface area contributed by atoms with Gasteiger partial charge in [0, 0.05) is 69.2 Å². The number of amides is 2. The molecule has 3 heterocycles. The Hall–Kier alpha value is -4.67. The first-order chi connectivity index (χ1) is 21.1. The van der Waals surface area contributed by atoms with E-state index in [1.807, 2.05) is 60.7 Å². The van der Waals surface area contributed by atoms with Gasteiger partial charge in [-0.05, 0) is 30.3 Å². The van der Waals surface area contributed by atoms with Crippen LogP contribution in [-0.4, -0.2) is 84.9 Å². The number of benzene rings is 3.